The number of anilines is 2. The summed E-state index contributed by atoms with van der Waals surface area (Å²) in [4.78, 5) is 20.2. The van der Waals surface area contributed by atoms with Gasteiger partial charge < -0.3 is 11.5 Å². The van der Waals surface area contributed by atoms with Gasteiger partial charge in [0, 0.05) is 0 Å². The number of nitrogens with two attached hydrogens (primary N) is 3. The summed E-state index contributed by atoms with van der Waals surface area (Å²) in [5.41, 5.74) is 12.3. The SMILES string of the molecule is NOCc1cnc2nc(N)nc(N)c2n1. The molecule has 2 aromatic heterocycles. The monoisotopic (exact) mass is 207 g/mol. The van der Waals surface area contributed by atoms with Gasteiger partial charge in [0.2, 0.25) is 5.95 Å². The Kier molecular flexibility index (Phi) is 2.27. The standard InChI is InChI=1S/C7H9N7O/c8-5-4-6(14-7(9)13-5)11-1-3(12-4)2-15-10/h1H,2,10H2,(H4,8,9,11,13,14). The molecular weight excluding hydrogens is 198 g/mol. The lowest BCUT2D eigenvalue weighted by Gasteiger charge is -2.02. The molecule has 2 rings (SSSR count). The number of hydrogen-bond donors (Lipinski definition) is 3. The fraction of sp³-hybridized carbons (Fsp3) is 0.143. The number of nitrogen functional groups attached to an aromatic ring is 2. The summed E-state index contributed by atoms with van der Waals surface area (Å²) < 4.78 is 0. The summed E-state index contributed by atoms with van der Waals surface area (Å²) in [6.07, 6.45) is 1.49. The second-order valence-corrected chi connectivity index (χ2v) is 2.81. The van der Waals surface area contributed by atoms with E-state index in [0.717, 1.165) is 0 Å². The van der Waals surface area contributed by atoms with E-state index in [1.807, 2.05) is 0 Å². The van der Waals surface area contributed by atoms with Gasteiger partial charge in [-0.25, -0.2) is 15.9 Å². The highest BCUT2D eigenvalue weighted by atomic mass is 16.6. The van der Waals surface area contributed by atoms with Crippen LogP contribution < -0.4 is 17.4 Å². The molecule has 8 nitrogen and oxygen atoms in total. The highest BCUT2D eigenvalue weighted by molar-refractivity contribution is 5.81. The van der Waals surface area contributed by atoms with Crippen molar-refractivity contribution in [3.63, 3.8) is 0 Å². The maximum Gasteiger partial charge on any atom is 0.224 e. The van der Waals surface area contributed by atoms with Crippen LogP contribution in [0.1, 0.15) is 5.69 Å². The molecule has 0 bridgehead atoms. The fourth-order valence-corrected chi connectivity index (χ4v) is 1.14. The Morgan fingerprint density at radius 1 is 1.20 bits per heavy atom. The van der Waals surface area contributed by atoms with Gasteiger partial charge in [-0.15, -0.1) is 0 Å². The predicted molar refractivity (Wildman–Crippen MR) is 52.9 cm³/mol. The summed E-state index contributed by atoms with van der Waals surface area (Å²) in [7, 11) is 0. The van der Waals surface area contributed by atoms with E-state index in [9.17, 15) is 0 Å². The Balaban J connectivity index is 2.60. The molecule has 0 fully saturated rings. The summed E-state index contributed by atoms with van der Waals surface area (Å²) in [6, 6.07) is 0. The van der Waals surface area contributed by atoms with Crippen LogP contribution in [-0.2, 0) is 11.4 Å². The van der Waals surface area contributed by atoms with Crippen molar-refractivity contribution < 1.29 is 4.84 Å². The highest BCUT2D eigenvalue weighted by Gasteiger charge is 2.07. The van der Waals surface area contributed by atoms with Gasteiger partial charge in [-0.2, -0.15) is 9.97 Å². The molecule has 0 unspecified atom stereocenters. The molecule has 2 aromatic rings. The second kappa shape index (κ2) is 3.59. The van der Waals surface area contributed by atoms with Crippen molar-refractivity contribution >= 4 is 22.9 Å². The van der Waals surface area contributed by atoms with Gasteiger partial charge >= 0.3 is 0 Å². The number of nitrogens with zero attached hydrogens (tertiary/aromatic N) is 4. The van der Waals surface area contributed by atoms with Crippen molar-refractivity contribution in [1.29, 1.82) is 0 Å². The highest BCUT2D eigenvalue weighted by Crippen LogP contribution is 2.14. The van der Waals surface area contributed by atoms with Gasteiger partial charge in [0.05, 0.1) is 11.9 Å². The lowest BCUT2D eigenvalue weighted by Crippen LogP contribution is -2.06. The number of rotatable bonds is 2. The molecule has 0 amide bonds. The van der Waals surface area contributed by atoms with Crippen molar-refractivity contribution in [2.45, 2.75) is 6.61 Å². The van der Waals surface area contributed by atoms with E-state index in [1.54, 1.807) is 0 Å². The van der Waals surface area contributed by atoms with Crippen molar-refractivity contribution in [2.75, 3.05) is 11.5 Å². The van der Waals surface area contributed by atoms with E-state index < -0.39 is 0 Å². The minimum Gasteiger partial charge on any atom is -0.382 e. The molecule has 0 aromatic carbocycles. The molecule has 0 saturated carbocycles. The average molecular weight is 207 g/mol. The number of hydrogen-bond acceptors (Lipinski definition) is 8. The first-order valence-electron chi connectivity index (χ1n) is 4.07. The van der Waals surface area contributed by atoms with Gasteiger partial charge in [-0.05, 0) is 0 Å². The van der Waals surface area contributed by atoms with Gasteiger partial charge in [0.25, 0.3) is 0 Å². The average Bonchev–Trinajstić information content (AvgIpc) is 2.19. The van der Waals surface area contributed by atoms with Gasteiger partial charge in [-0.1, -0.05) is 0 Å². The Bertz CT molecular complexity index is 500. The zero-order chi connectivity index (χ0) is 10.8. The maximum absolute atomic E-state index is 5.62. The number of fused-ring (bicyclic) bond motifs is 1. The second-order valence-electron chi connectivity index (χ2n) is 2.81. The van der Waals surface area contributed by atoms with Gasteiger partial charge in [0.15, 0.2) is 17.0 Å². The van der Waals surface area contributed by atoms with Crippen LogP contribution in [0.15, 0.2) is 6.20 Å². The first-order valence-corrected chi connectivity index (χ1v) is 4.07. The van der Waals surface area contributed by atoms with E-state index in [2.05, 4.69) is 24.8 Å². The van der Waals surface area contributed by atoms with Crippen LogP contribution >= 0.6 is 0 Å². The van der Waals surface area contributed by atoms with E-state index in [4.69, 9.17) is 17.4 Å². The molecule has 0 radical (unpaired) electrons. The summed E-state index contributed by atoms with van der Waals surface area (Å²) in [6.45, 7) is 0.146. The van der Waals surface area contributed by atoms with Crippen LogP contribution in [0.25, 0.3) is 11.2 Å². The van der Waals surface area contributed by atoms with Crippen molar-refractivity contribution in [2.24, 2.45) is 5.90 Å². The largest absolute Gasteiger partial charge is 0.382 e. The molecule has 0 aliphatic heterocycles. The molecule has 8 heteroatoms. The van der Waals surface area contributed by atoms with E-state index in [1.165, 1.54) is 6.20 Å². The molecule has 0 spiro atoms. The molecule has 0 saturated heterocycles. The predicted octanol–water partition coefficient (Wildman–Crippen LogP) is -1.03. The van der Waals surface area contributed by atoms with Gasteiger partial charge in [-0.3, -0.25) is 4.84 Å². The summed E-state index contributed by atoms with van der Waals surface area (Å²) in [5, 5.41) is 0. The van der Waals surface area contributed by atoms with Crippen molar-refractivity contribution in [3.8, 4) is 0 Å². The molecule has 0 atom stereocenters. The van der Waals surface area contributed by atoms with Crippen LogP contribution in [0, 0.1) is 0 Å². The smallest absolute Gasteiger partial charge is 0.224 e. The Hall–Kier alpha value is -2.06. The quantitative estimate of drug-likeness (QED) is 0.531. The van der Waals surface area contributed by atoms with Crippen LogP contribution in [0.5, 0.6) is 0 Å². The molecule has 15 heavy (non-hydrogen) atoms. The van der Waals surface area contributed by atoms with Gasteiger partial charge in [0.1, 0.15) is 6.61 Å². The molecule has 0 aliphatic rings. The zero-order valence-electron chi connectivity index (χ0n) is 7.71. The maximum atomic E-state index is 5.62. The van der Waals surface area contributed by atoms with Crippen LogP contribution in [0.3, 0.4) is 0 Å². The molecule has 6 N–H and O–H groups in total. The molecule has 0 aliphatic carbocycles. The first-order chi connectivity index (χ1) is 7.20. The van der Waals surface area contributed by atoms with Crippen molar-refractivity contribution in [1.82, 2.24) is 19.9 Å². The van der Waals surface area contributed by atoms with E-state index in [0.29, 0.717) is 16.9 Å². The third kappa shape index (κ3) is 1.75. The van der Waals surface area contributed by atoms with Crippen LogP contribution in [-0.4, -0.2) is 19.9 Å². The Morgan fingerprint density at radius 3 is 2.73 bits per heavy atom. The lowest BCUT2D eigenvalue weighted by atomic mass is 10.4. The van der Waals surface area contributed by atoms with Crippen LogP contribution in [0.4, 0.5) is 11.8 Å². The lowest BCUT2D eigenvalue weighted by molar-refractivity contribution is 0.121. The normalized spacial score (nSPS) is 10.7. The Labute approximate surface area is 84.4 Å². The van der Waals surface area contributed by atoms with Crippen molar-refractivity contribution in [3.05, 3.63) is 11.9 Å². The fourth-order valence-electron chi connectivity index (χ4n) is 1.14. The minimum atomic E-state index is 0.0668. The minimum absolute atomic E-state index is 0.0668. The summed E-state index contributed by atoms with van der Waals surface area (Å²) in [5.74, 6) is 5.17. The number of aromatic nitrogens is 4. The topological polar surface area (TPSA) is 139 Å². The molecular formula is C7H9N7O. The first kappa shape index (κ1) is 9.49. The van der Waals surface area contributed by atoms with E-state index >= 15 is 0 Å². The summed E-state index contributed by atoms with van der Waals surface area (Å²) >= 11 is 0. The Morgan fingerprint density at radius 2 is 2.00 bits per heavy atom. The van der Waals surface area contributed by atoms with E-state index in [-0.39, 0.29) is 18.4 Å². The van der Waals surface area contributed by atoms with Crippen LogP contribution in [0.2, 0.25) is 0 Å². The zero-order valence-corrected chi connectivity index (χ0v) is 7.71. The third-order valence-corrected chi connectivity index (χ3v) is 1.73. The molecule has 2 heterocycles. The third-order valence-electron chi connectivity index (χ3n) is 1.73. The molecule has 78 valence electrons.